The van der Waals surface area contributed by atoms with Crippen molar-refractivity contribution < 1.29 is 4.42 Å². The van der Waals surface area contributed by atoms with Crippen molar-refractivity contribution in [1.82, 2.24) is 10.2 Å². The third-order valence-corrected chi connectivity index (χ3v) is 4.26. The summed E-state index contributed by atoms with van der Waals surface area (Å²) in [6.45, 7) is 12.6. The first-order chi connectivity index (χ1) is 9.23. The lowest BCUT2D eigenvalue weighted by Gasteiger charge is -2.23. The van der Waals surface area contributed by atoms with Crippen molar-refractivity contribution in [2.24, 2.45) is 0 Å². The van der Waals surface area contributed by atoms with Crippen molar-refractivity contribution >= 4 is 11.8 Å². The van der Waals surface area contributed by atoms with Gasteiger partial charge in [0.05, 0.1) is 6.54 Å². The second kappa shape index (κ2) is 7.53. The lowest BCUT2D eigenvalue weighted by Crippen LogP contribution is -2.34. The Kier molecular flexibility index (Phi) is 6.62. The van der Waals surface area contributed by atoms with Crippen LogP contribution < -0.4 is 5.32 Å². The van der Waals surface area contributed by atoms with Gasteiger partial charge in [0.25, 0.3) is 0 Å². The standard InChI is InChI=1S/C16H30N2OS/c1-12(11-20-7)18(6)10-14-8-15(19-13(14)2)9-17-16(3,4)5/h8,12,17H,9-11H2,1-7H3. The molecule has 0 saturated heterocycles. The van der Waals surface area contributed by atoms with Gasteiger partial charge in [-0.05, 0) is 54.0 Å². The van der Waals surface area contributed by atoms with Crippen LogP contribution in [0.1, 0.15) is 44.8 Å². The van der Waals surface area contributed by atoms with Crippen LogP contribution in [0, 0.1) is 6.92 Å². The zero-order chi connectivity index (χ0) is 15.3. The highest BCUT2D eigenvalue weighted by Crippen LogP contribution is 2.18. The summed E-state index contributed by atoms with van der Waals surface area (Å²) in [4.78, 5) is 2.38. The predicted molar refractivity (Wildman–Crippen MR) is 89.3 cm³/mol. The average Bonchev–Trinajstić information content (AvgIpc) is 2.67. The minimum Gasteiger partial charge on any atom is -0.465 e. The van der Waals surface area contributed by atoms with E-state index < -0.39 is 0 Å². The lowest BCUT2D eigenvalue weighted by molar-refractivity contribution is 0.268. The smallest absolute Gasteiger partial charge is 0.118 e. The summed E-state index contributed by atoms with van der Waals surface area (Å²) in [5.74, 6) is 3.23. The number of furan rings is 1. The molecule has 0 aliphatic carbocycles. The van der Waals surface area contributed by atoms with Crippen molar-refractivity contribution in [3.63, 3.8) is 0 Å². The van der Waals surface area contributed by atoms with Gasteiger partial charge in [-0.25, -0.2) is 0 Å². The van der Waals surface area contributed by atoms with E-state index in [1.54, 1.807) is 0 Å². The molecule has 0 spiro atoms. The zero-order valence-corrected chi connectivity index (χ0v) is 14.9. The minimum atomic E-state index is 0.116. The van der Waals surface area contributed by atoms with Crippen LogP contribution in [0.3, 0.4) is 0 Å². The molecule has 1 rings (SSSR count). The molecule has 0 aliphatic rings. The number of thioether (sulfide) groups is 1. The molecule has 116 valence electrons. The van der Waals surface area contributed by atoms with E-state index in [-0.39, 0.29) is 5.54 Å². The number of nitrogens with zero attached hydrogens (tertiary/aromatic N) is 1. The normalized spacial score (nSPS) is 14.0. The molecule has 3 nitrogen and oxygen atoms in total. The second-order valence-corrected chi connectivity index (χ2v) is 7.53. The Morgan fingerprint density at radius 2 is 2.05 bits per heavy atom. The van der Waals surface area contributed by atoms with Crippen molar-refractivity contribution in [1.29, 1.82) is 0 Å². The molecule has 0 fully saturated rings. The third kappa shape index (κ3) is 5.90. The largest absolute Gasteiger partial charge is 0.465 e. The molecule has 0 amide bonds. The molecule has 1 aromatic heterocycles. The highest BCUT2D eigenvalue weighted by molar-refractivity contribution is 7.98. The summed E-state index contributed by atoms with van der Waals surface area (Å²) in [6, 6.07) is 2.77. The van der Waals surface area contributed by atoms with E-state index in [1.807, 2.05) is 11.8 Å². The quantitative estimate of drug-likeness (QED) is 0.831. The monoisotopic (exact) mass is 298 g/mol. The minimum absolute atomic E-state index is 0.116. The maximum atomic E-state index is 5.86. The molecule has 0 saturated carbocycles. The Morgan fingerprint density at radius 3 is 2.60 bits per heavy atom. The van der Waals surface area contributed by atoms with Crippen molar-refractivity contribution in [3.8, 4) is 0 Å². The van der Waals surface area contributed by atoms with E-state index >= 15 is 0 Å². The maximum absolute atomic E-state index is 5.86. The fourth-order valence-corrected chi connectivity index (χ4v) is 2.71. The highest BCUT2D eigenvalue weighted by atomic mass is 32.2. The summed E-state index contributed by atoms with van der Waals surface area (Å²) in [7, 11) is 2.18. The Balaban J connectivity index is 2.61. The molecular weight excluding hydrogens is 268 g/mol. The van der Waals surface area contributed by atoms with Gasteiger partial charge in [0.2, 0.25) is 0 Å². The third-order valence-electron chi connectivity index (χ3n) is 3.44. The number of hydrogen-bond acceptors (Lipinski definition) is 4. The van der Waals surface area contributed by atoms with E-state index in [9.17, 15) is 0 Å². The summed E-state index contributed by atoms with van der Waals surface area (Å²) in [5, 5.41) is 3.46. The van der Waals surface area contributed by atoms with Crippen LogP contribution in [0.15, 0.2) is 10.5 Å². The number of hydrogen-bond donors (Lipinski definition) is 1. The molecule has 0 radical (unpaired) electrons. The first-order valence-electron chi connectivity index (χ1n) is 7.25. The van der Waals surface area contributed by atoms with Gasteiger partial charge in [0.1, 0.15) is 11.5 Å². The molecule has 20 heavy (non-hydrogen) atoms. The number of nitrogens with one attached hydrogen (secondary N) is 1. The molecule has 1 atom stereocenters. The molecular formula is C16H30N2OS. The van der Waals surface area contributed by atoms with E-state index in [0.29, 0.717) is 6.04 Å². The Labute approximate surface area is 128 Å². The summed E-state index contributed by atoms with van der Waals surface area (Å²) in [5.41, 5.74) is 1.41. The van der Waals surface area contributed by atoms with Gasteiger partial charge in [-0.3, -0.25) is 4.90 Å². The number of rotatable bonds is 7. The van der Waals surface area contributed by atoms with Crippen LogP contribution in [-0.2, 0) is 13.1 Å². The zero-order valence-electron chi connectivity index (χ0n) is 14.0. The van der Waals surface area contributed by atoms with Gasteiger partial charge in [0, 0.05) is 29.4 Å². The Bertz CT molecular complexity index is 409. The van der Waals surface area contributed by atoms with Crippen LogP contribution in [0.5, 0.6) is 0 Å². The first kappa shape index (κ1) is 17.6. The molecule has 1 heterocycles. The molecule has 0 bridgehead atoms. The molecule has 4 heteroatoms. The van der Waals surface area contributed by atoms with Crippen LogP contribution in [0.25, 0.3) is 0 Å². The molecule has 0 aromatic carbocycles. The van der Waals surface area contributed by atoms with E-state index in [4.69, 9.17) is 4.42 Å². The van der Waals surface area contributed by atoms with Gasteiger partial charge in [0.15, 0.2) is 0 Å². The van der Waals surface area contributed by atoms with Crippen molar-refractivity contribution in [3.05, 3.63) is 23.2 Å². The molecule has 1 N–H and O–H groups in total. The topological polar surface area (TPSA) is 28.4 Å². The first-order valence-corrected chi connectivity index (χ1v) is 8.64. The molecule has 1 unspecified atom stereocenters. The lowest BCUT2D eigenvalue weighted by atomic mass is 10.1. The fraction of sp³-hybridized carbons (Fsp3) is 0.750. The van der Waals surface area contributed by atoms with E-state index in [2.05, 4.69) is 64.2 Å². The van der Waals surface area contributed by atoms with Crippen LogP contribution in [0.4, 0.5) is 0 Å². The summed E-state index contributed by atoms with van der Waals surface area (Å²) in [6.07, 6.45) is 2.16. The number of aryl methyl sites for hydroxylation is 1. The van der Waals surface area contributed by atoms with Crippen LogP contribution in [0.2, 0.25) is 0 Å². The van der Waals surface area contributed by atoms with Crippen LogP contribution >= 0.6 is 11.8 Å². The Morgan fingerprint density at radius 1 is 1.40 bits per heavy atom. The SMILES string of the molecule is CSCC(C)N(C)Cc1cc(CNC(C)(C)C)oc1C. The van der Waals surface area contributed by atoms with Crippen molar-refractivity contribution in [2.45, 2.75) is 59.3 Å². The molecule has 1 aromatic rings. The van der Waals surface area contributed by atoms with Gasteiger partial charge < -0.3 is 9.73 Å². The van der Waals surface area contributed by atoms with Gasteiger partial charge in [-0.2, -0.15) is 11.8 Å². The van der Waals surface area contributed by atoms with Gasteiger partial charge >= 0.3 is 0 Å². The van der Waals surface area contributed by atoms with Crippen molar-refractivity contribution in [2.75, 3.05) is 19.1 Å². The summed E-state index contributed by atoms with van der Waals surface area (Å²) >= 11 is 1.89. The van der Waals surface area contributed by atoms with Gasteiger partial charge in [-0.15, -0.1) is 0 Å². The molecule has 0 aliphatic heterocycles. The van der Waals surface area contributed by atoms with Crippen LogP contribution in [-0.4, -0.2) is 35.5 Å². The van der Waals surface area contributed by atoms with E-state index in [1.165, 1.54) is 5.56 Å². The highest BCUT2D eigenvalue weighted by Gasteiger charge is 2.15. The summed E-state index contributed by atoms with van der Waals surface area (Å²) < 4.78 is 5.86. The predicted octanol–water partition coefficient (Wildman–Crippen LogP) is 3.66. The van der Waals surface area contributed by atoms with E-state index in [0.717, 1.165) is 30.4 Å². The van der Waals surface area contributed by atoms with Gasteiger partial charge in [-0.1, -0.05) is 0 Å². The fourth-order valence-electron chi connectivity index (χ4n) is 1.98. The average molecular weight is 298 g/mol. The second-order valence-electron chi connectivity index (χ2n) is 6.62. The maximum Gasteiger partial charge on any atom is 0.118 e. The Hall–Kier alpha value is -0.450.